The van der Waals surface area contributed by atoms with Crippen molar-refractivity contribution in [2.24, 2.45) is 0 Å². The number of anilines is 1. The van der Waals surface area contributed by atoms with Crippen molar-refractivity contribution in [3.8, 4) is 0 Å². The summed E-state index contributed by atoms with van der Waals surface area (Å²) in [7, 11) is 0. The molecule has 2 rings (SSSR count). The molecule has 0 saturated carbocycles. The second kappa shape index (κ2) is 7.61. The molecule has 1 heterocycles. The van der Waals surface area contributed by atoms with Gasteiger partial charge in [0.05, 0.1) is 12.7 Å². The van der Waals surface area contributed by atoms with Gasteiger partial charge < -0.3 is 20.3 Å². The zero-order valence-electron chi connectivity index (χ0n) is 12.7. The summed E-state index contributed by atoms with van der Waals surface area (Å²) < 4.78 is 5.41. The maximum Gasteiger partial charge on any atom is 0.322 e. The molecular formula is C16H21N3O3. The molecule has 118 valence electrons. The Labute approximate surface area is 130 Å². The molecule has 6 nitrogen and oxygen atoms in total. The Morgan fingerprint density at radius 2 is 2.14 bits per heavy atom. The van der Waals surface area contributed by atoms with E-state index in [0.29, 0.717) is 37.5 Å². The lowest BCUT2D eigenvalue weighted by Gasteiger charge is -2.31. The van der Waals surface area contributed by atoms with E-state index in [2.05, 4.69) is 17.2 Å². The van der Waals surface area contributed by atoms with Gasteiger partial charge in [0, 0.05) is 30.9 Å². The number of hydrogen-bond acceptors (Lipinski definition) is 3. The van der Waals surface area contributed by atoms with Crippen molar-refractivity contribution in [2.75, 3.05) is 31.6 Å². The van der Waals surface area contributed by atoms with E-state index in [9.17, 15) is 9.59 Å². The molecule has 0 radical (unpaired) electrons. The molecule has 1 aromatic carbocycles. The summed E-state index contributed by atoms with van der Waals surface area (Å²) in [5.41, 5.74) is 1.20. The Morgan fingerprint density at radius 1 is 1.41 bits per heavy atom. The molecule has 0 spiro atoms. The Balaban J connectivity index is 1.91. The highest BCUT2D eigenvalue weighted by molar-refractivity contribution is 5.95. The van der Waals surface area contributed by atoms with Crippen molar-refractivity contribution < 1.29 is 14.3 Å². The largest absolute Gasteiger partial charge is 0.375 e. The summed E-state index contributed by atoms with van der Waals surface area (Å²) in [4.78, 5) is 25.6. The third-order valence-electron chi connectivity index (χ3n) is 3.33. The minimum atomic E-state index is -0.167. The smallest absolute Gasteiger partial charge is 0.322 e. The number of carbonyl (C=O) groups is 2. The van der Waals surface area contributed by atoms with Gasteiger partial charge in [0.1, 0.15) is 0 Å². The zero-order valence-corrected chi connectivity index (χ0v) is 12.7. The standard InChI is InChI=1S/C16H21N3O3/c1-3-8-17-15(20)13-4-6-14(7-5-13)18-16(21)19-9-10-22-12(2)11-19/h3-7,12H,1,8-11H2,2H3,(H,17,20)(H,18,21). The van der Waals surface area contributed by atoms with Crippen LogP contribution in [-0.2, 0) is 4.74 Å². The van der Waals surface area contributed by atoms with Crippen LogP contribution in [-0.4, -0.2) is 49.2 Å². The molecule has 2 N–H and O–H groups in total. The van der Waals surface area contributed by atoms with Crippen molar-refractivity contribution >= 4 is 17.6 Å². The van der Waals surface area contributed by atoms with Crippen molar-refractivity contribution in [1.29, 1.82) is 0 Å². The van der Waals surface area contributed by atoms with Crippen LogP contribution in [0.3, 0.4) is 0 Å². The van der Waals surface area contributed by atoms with Crippen LogP contribution in [0.2, 0.25) is 0 Å². The number of urea groups is 1. The minimum Gasteiger partial charge on any atom is -0.375 e. The third-order valence-corrected chi connectivity index (χ3v) is 3.33. The molecule has 1 aliphatic rings. The van der Waals surface area contributed by atoms with Gasteiger partial charge in [-0.05, 0) is 31.2 Å². The first kappa shape index (κ1) is 16.0. The molecule has 22 heavy (non-hydrogen) atoms. The van der Waals surface area contributed by atoms with Crippen LogP contribution in [0.15, 0.2) is 36.9 Å². The molecule has 0 aromatic heterocycles. The second-order valence-corrected chi connectivity index (χ2v) is 5.13. The van der Waals surface area contributed by atoms with Gasteiger partial charge in [0.15, 0.2) is 0 Å². The fourth-order valence-corrected chi connectivity index (χ4v) is 2.18. The topological polar surface area (TPSA) is 70.7 Å². The van der Waals surface area contributed by atoms with E-state index in [1.807, 2.05) is 6.92 Å². The number of nitrogens with zero attached hydrogens (tertiary/aromatic N) is 1. The monoisotopic (exact) mass is 303 g/mol. The maximum absolute atomic E-state index is 12.1. The Hall–Kier alpha value is -2.34. The molecule has 3 amide bonds. The molecule has 0 aliphatic carbocycles. The lowest BCUT2D eigenvalue weighted by atomic mass is 10.2. The number of benzene rings is 1. The number of amides is 3. The van der Waals surface area contributed by atoms with Crippen LogP contribution < -0.4 is 10.6 Å². The predicted octanol–water partition coefficient (Wildman–Crippen LogP) is 1.85. The summed E-state index contributed by atoms with van der Waals surface area (Å²) >= 11 is 0. The van der Waals surface area contributed by atoms with Crippen molar-refractivity contribution in [2.45, 2.75) is 13.0 Å². The fraction of sp³-hybridized carbons (Fsp3) is 0.375. The van der Waals surface area contributed by atoms with Crippen LogP contribution in [0.5, 0.6) is 0 Å². The van der Waals surface area contributed by atoms with Gasteiger partial charge >= 0.3 is 6.03 Å². The number of hydrogen-bond donors (Lipinski definition) is 2. The highest BCUT2D eigenvalue weighted by atomic mass is 16.5. The van der Waals surface area contributed by atoms with Gasteiger partial charge in [0.2, 0.25) is 0 Å². The summed E-state index contributed by atoms with van der Waals surface area (Å²) in [6.07, 6.45) is 1.67. The van der Waals surface area contributed by atoms with Crippen molar-refractivity contribution in [3.63, 3.8) is 0 Å². The zero-order chi connectivity index (χ0) is 15.9. The average Bonchev–Trinajstić information content (AvgIpc) is 2.53. The summed E-state index contributed by atoms with van der Waals surface area (Å²) in [5.74, 6) is -0.167. The first-order valence-corrected chi connectivity index (χ1v) is 7.27. The second-order valence-electron chi connectivity index (χ2n) is 5.13. The number of morpholine rings is 1. The minimum absolute atomic E-state index is 0.0513. The van der Waals surface area contributed by atoms with Gasteiger partial charge in [-0.3, -0.25) is 4.79 Å². The van der Waals surface area contributed by atoms with Crippen LogP contribution in [0.25, 0.3) is 0 Å². The summed E-state index contributed by atoms with van der Waals surface area (Å²) in [6.45, 7) is 7.62. The lowest BCUT2D eigenvalue weighted by molar-refractivity contribution is -0.00138. The first-order chi connectivity index (χ1) is 10.6. The van der Waals surface area contributed by atoms with E-state index in [4.69, 9.17) is 4.74 Å². The molecule has 1 aliphatic heterocycles. The average molecular weight is 303 g/mol. The van der Waals surface area contributed by atoms with Gasteiger partial charge in [-0.2, -0.15) is 0 Å². The van der Waals surface area contributed by atoms with E-state index in [0.717, 1.165) is 0 Å². The highest BCUT2D eigenvalue weighted by Gasteiger charge is 2.21. The highest BCUT2D eigenvalue weighted by Crippen LogP contribution is 2.12. The van der Waals surface area contributed by atoms with Crippen LogP contribution in [0, 0.1) is 0 Å². The molecule has 1 aromatic rings. The van der Waals surface area contributed by atoms with E-state index in [1.165, 1.54) is 0 Å². The van der Waals surface area contributed by atoms with Crippen molar-refractivity contribution in [1.82, 2.24) is 10.2 Å². The number of ether oxygens (including phenoxy) is 1. The van der Waals surface area contributed by atoms with Crippen molar-refractivity contribution in [3.05, 3.63) is 42.5 Å². The Morgan fingerprint density at radius 3 is 2.77 bits per heavy atom. The predicted molar refractivity (Wildman–Crippen MR) is 85.0 cm³/mol. The Bertz CT molecular complexity index is 542. The van der Waals surface area contributed by atoms with Gasteiger partial charge in [-0.15, -0.1) is 6.58 Å². The maximum atomic E-state index is 12.1. The van der Waals surface area contributed by atoms with Crippen LogP contribution >= 0.6 is 0 Å². The quantitative estimate of drug-likeness (QED) is 0.834. The summed E-state index contributed by atoms with van der Waals surface area (Å²) in [5, 5.41) is 5.52. The van der Waals surface area contributed by atoms with E-state index >= 15 is 0 Å². The Kier molecular flexibility index (Phi) is 5.55. The lowest BCUT2D eigenvalue weighted by Crippen LogP contribution is -2.46. The SMILES string of the molecule is C=CCNC(=O)c1ccc(NC(=O)N2CCOC(C)C2)cc1. The number of rotatable bonds is 4. The van der Waals surface area contributed by atoms with E-state index < -0.39 is 0 Å². The van der Waals surface area contributed by atoms with Gasteiger partial charge in [0.25, 0.3) is 5.91 Å². The molecule has 1 unspecified atom stereocenters. The van der Waals surface area contributed by atoms with E-state index in [1.54, 1.807) is 35.2 Å². The van der Waals surface area contributed by atoms with Gasteiger partial charge in [-0.25, -0.2) is 4.79 Å². The number of carbonyl (C=O) groups excluding carboxylic acids is 2. The van der Waals surface area contributed by atoms with Gasteiger partial charge in [-0.1, -0.05) is 6.08 Å². The number of nitrogens with one attached hydrogen (secondary N) is 2. The third kappa shape index (κ3) is 4.33. The molecule has 1 atom stereocenters. The summed E-state index contributed by atoms with van der Waals surface area (Å²) in [6, 6.07) is 6.63. The van der Waals surface area contributed by atoms with E-state index in [-0.39, 0.29) is 18.0 Å². The molecule has 6 heteroatoms. The van der Waals surface area contributed by atoms with Crippen LogP contribution in [0.1, 0.15) is 17.3 Å². The molecular weight excluding hydrogens is 282 g/mol. The molecule has 0 bridgehead atoms. The fourth-order valence-electron chi connectivity index (χ4n) is 2.18. The normalized spacial score (nSPS) is 17.7. The molecule has 1 saturated heterocycles. The molecule has 1 fully saturated rings. The first-order valence-electron chi connectivity index (χ1n) is 7.27. The van der Waals surface area contributed by atoms with Crippen LogP contribution in [0.4, 0.5) is 10.5 Å².